The summed E-state index contributed by atoms with van der Waals surface area (Å²) in [6.45, 7) is 40.6. The van der Waals surface area contributed by atoms with Gasteiger partial charge in [-0.15, -0.1) is 0 Å². The predicted molar refractivity (Wildman–Crippen MR) is 389 cm³/mol. The van der Waals surface area contributed by atoms with Gasteiger partial charge in [0.2, 0.25) is 0 Å². The number of carbonyl (C=O) groups excluding carboxylic acids is 1. The van der Waals surface area contributed by atoms with Gasteiger partial charge in [0.1, 0.15) is 49.7 Å². The zero-order chi connectivity index (χ0) is 67.7. The maximum absolute atomic E-state index is 15.4. The molecule has 25 heteroatoms. The lowest BCUT2D eigenvalue weighted by atomic mass is 10.1. The number of carbonyl (C=O) groups is 1. The Morgan fingerprint density at radius 1 is 0.469 bits per heavy atom. The summed E-state index contributed by atoms with van der Waals surface area (Å²) in [5.41, 5.74) is 14.5. The number of nitrogens with zero attached hydrogens (tertiary/aromatic N) is 16. The van der Waals surface area contributed by atoms with Crippen molar-refractivity contribution in [2.24, 2.45) is 0 Å². The summed E-state index contributed by atoms with van der Waals surface area (Å²) < 4.78 is 34.6. The number of rotatable bonds is 28. The first kappa shape index (κ1) is 69.2. The zero-order valence-corrected chi connectivity index (χ0v) is 63.5. The van der Waals surface area contributed by atoms with Crippen LogP contribution in [0.3, 0.4) is 0 Å². The number of aromatic nitrogens is 12. The molecule has 8 aromatic heterocycles. The largest absolute Gasteiger partial charge is 0.361 e. The summed E-state index contributed by atoms with van der Waals surface area (Å²) in [5.74, 6) is 1.54. The average molecular weight is 1370 g/mol. The molecule has 0 radical (unpaired) electrons. The molecule has 4 aliphatic rings. The van der Waals surface area contributed by atoms with E-state index in [4.69, 9.17) is 58.8 Å². The van der Waals surface area contributed by atoms with Crippen LogP contribution in [0.5, 0.6) is 0 Å². The number of urea groups is 1. The van der Waals surface area contributed by atoms with E-state index >= 15 is 4.79 Å². The molecule has 2 saturated heterocycles. The van der Waals surface area contributed by atoms with Crippen LogP contribution < -0.4 is 0 Å². The average Bonchev–Trinajstić information content (AvgIpc) is 1.61. The van der Waals surface area contributed by atoms with Gasteiger partial charge in [0.05, 0.1) is 70.5 Å². The van der Waals surface area contributed by atoms with Crippen LogP contribution >= 0.6 is 0 Å². The summed E-state index contributed by atoms with van der Waals surface area (Å²) in [4.78, 5) is 65.4. The van der Waals surface area contributed by atoms with Gasteiger partial charge < -0.3 is 47.0 Å². The van der Waals surface area contributed by atoms with E-state index in [2.05, 4.69) is 129 Å². The van der Waals surface area contributed by atoms with Crippen molar-refractivity contribution in [3.8, 4) is 68.3 Å². The van der Waals surface area contributed by atoms with Gasteiger partial charge in [0.15, 0.2) is 11.6 Å². The van der Waals surface area contributed by atoms with Gasteiger partial charge >= 0.3 is 6.03 Å². The minimum atomic E-state index is -1.38. The first-order valence-corrected chi connectivity index (χ1v) is 49.6. The van der Waals surface area contributed by atoms with Gasteiger partial charge in [0.25, 0.3) is 0 Å². The third kappa shape index (κ3) is 16.4. The maximum Gasteiger partial charge on any atom is 0.322 e. The number of likely N-dealkylation sites (tertiary alicyclic amines) is 2. The monoisotopic (exact) mass is 1370 g/mol. The normalized spacial score (nSPS) is 17.2. The van der Waals surface area contributed by atoms with Crippen LogP contribution in [0.4, 0.5) is 4.79 Å². The third-order valence-electron chi connectivity index (χ3n) is 18.8. The molecule has 2 fully saturated rings. The first-order chi connectivity index (χ1) is 45.8. The van der Waals surface area contributed by atoms with E-state index in [0.29, 0.717) is 92.6 Å². The highest BCUT2D eigenvalue weighted by molar-refractivity contribution is 6.77. The molecule has 21 nitrogen and oxygen atoms in total. The van der Waals surface area contributed by atoms with Crippen molar-refractivity contribution in [2.75, 3.05) is 39.5 Å². The number of amides is 2. The Balaban J connectivity index is 0.784. The number of fused-ring (bicyclic) bond motifs is 2. The van der Waals surface area contributed by atoms with Crippen LogP contribution in [0.25, 0.3) is 68.3 Å². The highest BCUT2D eigenvalue weighted by Gasteiger charge is 2.45. The first-order valence-electron chi connectivity index (χ1n) is 34.8. The standard InChI is InChI=1S/C71H102N16O5Si4/c1-51-19-15-21-55(76-51)65-67(82(45-74-65)47-89-31-35-93(3,4)5)53-25-27-72-57(39-53)69-78-59-41-80(43-61(59)86(69)49-91-33-37-95(9,10)11)63-23-17-29-84(63)71(88)85-30-18-24-64(85)81-42-60-62(44-81)87(50-92-34-38-96(12,13)14)70(79-60)58-40-54(26-28-73-58)68-66(56-22-16-20-52(2)77-56)75-46-83(68)48-90-32-36-94(6,7)8/h15-16,19-22,25-28,39-40,45-46,63-64H,17-18,23-24,29-38,41-44,47-50H2,1-14H3. The number of imidazole rings is 4. The second-order valence-corrected chi connectivity index (χ2v) is 54.1. The summed E-state index contributed by atoms with van der Waals surface area (Å²) in [6, 6.07) is 24.8. The van der Waals surface area contributed by atoms with Gasteiger partial charge in [-0.05, 0) is 112 Å². The second-order valence-electron chi connectivity index (χ2n) is 31.6. The number of hydrogen-bond donors (Lipinski definition) is 0. The van der Waals surface area contributed by atoms with Crippen LogP contribution in [0.15, 0.2) is 85.7 Å². The highest BCUT2D eigenvalue weighted by atomic mass is 28.3. The smallest absolute Gasteiger partial charge is 0.322 e. The van der Waals surface area contributed by atoms with Crippen LogP contribution in [0, 0.1) is 13.8 Å². The van der Waals surface area contributed by atoms with Gasteiger partial charge in [0, 0.05) is 133 Å². The van der Waals surface area contributed by atoms with E-state index < -0.39 is 32.3 Å². The molecule has 2 unspecified atom stereocenters. The Morgan fingerprint density at radius 3 is 1.23 bits per heavy atom. The van der Waals surface area contributed by atoms with E-state index in [9.17, 15) is 0 Å². The van der Waals surface area contributed by atoms with E-state index in [1.807, 2.05) is 87.4 Å². The Kier molecular flexibility index (Phi) is 20.9. The molecule has 8 aromatic rings. The number of hydrogen-bond acceptors (Lipinski definition) is 15. The molecule has 0 N–H and O–H groups in total. The van der Waals surface area contributed by atoms with E-state index in [-0.39, 0.29) is 18.4 Å². The molecule has 4 aliphatic heterocycles. The minimum absolute atomic E-state index is 0.0766. The minimum Gasteiger partial charge on any atom is -0.361 e. The fourth-order valence-corrected chi connectivity index (χ4v) is 16.4. The molecule has 12 rings (SSSR count). The van der Waals surface area contributed by atoms with Crippen molar-refractivity contribution in [1.82, 2.24) is 77.7 Å². The second kappa shape index (κ2) is 29.0. The van der Waals surface area contributed by atoms with Crippen LogP contribution in [0.1, 0.15) is 59.8 Å². The van der Waals surface area contributed by atoms with Crippen molar-refractivity contribution in [3.63, 3.8) is 0 Å². The van der Waals surface area contributed by atoms with E-state index in [0.717, 1.165) is 152 Å². The SMILES string of the molecule is Cc1cccc(-c2ncn(COCC[Si](C)(C)C)c2-c2ccnc(-c3nc4c(n3COCC[Si](C)(C)C)CN(C3CCCN3C(=O)N3CCCC3N3Cc5nc(-c6cc(-c7c(-c8cccc(C)n8)ncn7COCC[Si](C)(C)C)ccn6)n(COCC[Si](C)(C)C)c5C3)C4)c2)n1. The molecule has 12 heterocycles. The molecule has 0 saturated carbocycles. The lowest BCUT2D eigenvalue weighted by molar-refractivity contribution is 0.0386. The van der Waals surface area contributed by atoms with Crippen LogP contribution in [-0.4, -0.2) is 168 Å². The maximum atomic E-state index is 15.4. The molecule has 2 amide bonds. The Morgan fingerprint density at radius 2 is 0.854 bits per heavy atom. The lowest BCUT2D eigenvalue weighted by Crippen LogP contribution is -2.54. The lowest BCUT2D eigenvalue weighted by Gasteiger charge is -2.38. The molecular weight excluding hydrogens is 1270 g/mol. The van der Waals surface area contributed by atoms with Crippen molar-refractivity contribution in [2.45, 2.75) is 208 Å². The summed E-state index contributed by atoms with van der Waals surface area (Å²) >= 11 is 0. The Labute approximate surface area is 572 Å². The Hall–Kier alpha value is -6.66. The molecular formula is C71H102N16O5Si4. The topological polar surface area (TPSA) is 190 Å². The Bertz CT molecular complexity index is 3770. The van der Waals surface area contributed by atoms with Crippen LogP contribution in [-0.2, 0) is 72.0 Å². The zero-order valence-electron chi connectivity index (χ0n) is 59.5. The predicted octanol–water partition coefficient (Wildman–Crippen LogP) is 14.2. The van der Waals surface area contributed by atoms with E-state index in [1.54, 1.807) is 0 Å². The molecule has 0 spiro atoms. The molecule has 96 heavy (non-hydrogen) atoms. The van der Waals surface area contributed by atoms with Crippen molar-refractivity contribution < 1.29 is 23.7 Å². The van der Waals surface area contributed by atoms with Gasteiger partial charge in [-0.3, -0.25) is 29.7 Å². The van der Waals surface area contributed by atoms with Gasteiger partial charge in [-0.1, -0.05) is 90.7 Å². The number of ether oxygens (including phenoxy) is 4. The van der Waals surface area contributed by atoms with Gasteiger partial charge in [-0.2, -0.15) is 0 Å². The molecule has 0 aliphatic carbocycles. The summed E-state index contributed by atoms with van der Waals surface area (Å²) in [5, 5.41) is 0. The van der Waals surface area contributed by atoms with Gasteiger partial charge in [-0.25, -0.2) is 24.7 Å². The molecule has 0 aromatic carbocycles. The summed E-state index contributed by atoms with van der Waals surface area (Å²) in [6.07, 6.45) is 11.0. The molecule has 512 valence electrons. The highest BCUT2D eigenvalue weighted by Crippen LogP contribution is 2.40. The van der Waals surface area contributed by atoms with Crippen LogP contribution in [0.2, 0.25) is 103 Å². The number of pyridine rings is 4. The van der Waals surface area contributed by atoms with Crippen molar-refractivity contribution in [1.29, 1.82) is 0 Å². The quantitative estimate of drug-likeness (QED) is 0.0332. The third-order valence-corrected chi connectivity index (χ3v) is 25.7. The van der Waals surface area contributed by atoms with Crippen molar-refractivity contribution >= 4 is 38.3 Å². The van der Waals surface area contributed by atoms with Crippen molar-refractivity contribution in [3.05, 3.63) is 120 Å². The molecule has 0 bridgehead atoms. The molecule has 2 atom stereocenters. The number of aryl methyl sites for hydroxylation is 2. The fraction of sp³-hybridized carbons (Fsp3) is 0.535. The fourth-order valence-electron chi connectivity index (χ4n) is 13.4. The summed E-state index contributed by atoms with van der Waals surface area (Å²) in [7, 11) is -5.35. The van der Waals surface area contributed by atoms with E-state index in [1.165, 1.54) is 0 Å².